The SMILES string of the molecule is Cc1nsc(Nc2cnc(C(=O)n3c(C)cc(/C(=N\C(C)C)c4cnco4)c3C)c(Cl)c2)c1C(=N)NC(C)C. The molecule has 3 N–H and O–H groups in total. The van der Waals surface area contributed by atoms with Crippen LogP contribution in [0.25, 0.3) is 0 Å². The van der Waals surface area contributed by atoms with Crippen molar-refractivity contribution in [2.45, 2.75) is 60.5 Å². The number of hydrogen-bond acceptors (Lipinski definition) is 9. The van der Waals surface area contributed by atoms with Crippen LogP contribution in [0.5, 0.6) is 0 Å². The summed E-state index contributed by atoms with van der Waals surface area (Å²) in [6.45, 7) is 13.4. The third-order valence-corrected chi connectivity index (χ3v) is 6.93. The maximum atomic E-state index is 13.6. The van der Waals surface area contributed by atoms with Gasteiger partial charge in [-0.1, -0.05) is 11.6 Å². The van der Waals surface area contributed by atoms with Gasteiger partial charge >= 0.3 is 0 Å². The minimum Gasteiger partial charge on any atom is -0.442 e. The molecule has 0 saturated heterocycles. The van der Waals surface area contributed by atoms with Crippen molar-refractivity contribution in [3.05, 3.63) is 75.6 Å². The fraction of sp³-hybridized carbons (Fsp3) is 0.333. The minimum absolute atomic E-state index is 0.00717. The topological polar surface area (TPSA) is 134 Å². The summed E-state index contributed by atoms with van der Waals surface area (Å²) in [5.41, 5.74) is 4.92. The Morgan fingerprint density at radius 1 is 1.18 bits per heavy atom. The van der Waals surface area contributed by atoms with Crippen LogP contribution in [-0.4, -0.2) is 48.4 Å². The standard InChI is InChI=1S/C27H31ClN8O2S/c1-13(2)32-23(21-11-30-12-38-21)19-8-15(5)36(17(19)7)27(37)24-20(28)9-18(10-31-24)34-26-22(16(6)35-39-26)25(29)33-14(3)4/h8-14,34H,1-7H3,(H2,29,33)/b32-23+. The first-order valence-corrected chi connectivity index (χ1v) is 13.6. The van der Waals surface area contributed by atoms with E-state index in [2.05, 4.69) is 25.0 Å². The molecule has 4 rings (SSSR count). The molecule has 39 heavy (non-hydrogen) atoms. The molecule has 4 heterocycles. The first-order valence-electron chi connectivity index (χ1n) is 12.4. The van der Waals surface area contributed by atoms with E-state index in [4.69, 9.17) is 26.4 Å². The molecule has 0 aliphatic heterocycles. The van der Waals surface area contributed by atoms with Gasteiger partial charge in [-0.2, -0.15) is 4.37 Å². The summed E-state index contributed by atoms with van der Waals surface area (Å²) in [5.74, 6) is 0.452. The molecule has 10 nitrogen and oxygen atoms in total. The number of aromatic nitrogens is 4. The molecule has 0 saturated carbocycles. The summed E-state index contributed by atoms with van der Waals surface area (Å²) in [7, 11) is 0. The van der Waals surface area contributed by atoms with Gasteiger partial charge in [0, 0.05) is 29.0 Å². The molecule has 0 aromatic carbocycles. The Labute approximate surface area is 236 Å². The van der Waals surface area contributed by atoms with Crippen LogP contribution in [-0.2, 0) is 0 Å². The summed E-state index contributed by atoms with van der Waals surface area (Å²) in [5, 5.41) is 15.7. The summed E-state index contributed by atoms with van der Waals surface area (Å²) >= 11 is 7.84. The normalized spacial score (nSPS) is 11.9. The Bertz CT molecular complexity index is 1550. The number of aliphatic imine (C=N–C) groups is 1. The van der Waals surface area contributed by atoms with Crippen LogP contribution in [0.3, 0.4) is 0 Å². The molecule has 4 aromatic rings. The zero-order chi connectivity index (χ0) is 28.4. The highest BCUT2D eigenvalue weighted by Gasteiger charge is 2.25. The number of nitrogens with one attached hydrogen (secondary N) is 3. The van der Waals surface area contributed by atoms with Gasteiger partial charge in [-0.3, -0.25) is 19.8 Å². The quantitative estimate of drug-likeness (QED) is 0.178. The zero-order valence-corrected chi connectivity index (χ0v) is 24.5. The van der Waals surface area contributed by atoms with E-state index in [1.54, 1.807) is 23.0 Å². The van der Waals surface area contributed by atoms with Crippen molar-refractivity contribution in [2.24, 2.45) is 4.99 Å². The molecule has 0 bridgehead atoms. The molecule has 0 aliphatic rings. The summed E-state index contributed by atoms with van der Waals surface area (Å²) in [6.07, 6.45) is 4.51. The van der Waals surface area contributed by atoms with Crippen LogP contribution in [0.15, 0.2) is 40.3 Å². The molecular formula is C27H31ClN8O2S. The second-order valence-electron chi connectivity index (χ2n) is 9.69. The zero-order valence-electron chi connectivity index (χ0n) is 22.9. The van der Waals surface area contributed by atoms with Gasteiger partial charge in [0.1, 0.15) is 22.2 Å². The fourth-order valence-corrected chi connectivity index (χ4v) is 5.25. The maximum absolute atomic E-state index is 13.6. The van der Waals surface area contributed by atoms with Crippen LogP contribution in [0.1, 0.15) is 72.2 Å². The van der Waals surface area contributed by atoms with Gasteiger partial charge in [0.05, 0.1) is 34.4 Å². The molecule has 4 aromatic heterocycles. The third kappa shape index (κ3) is 5.94. The van der Waals surface area contributed by atoms with Crippen LogP contribution >= 0.6 is 23.1 Å². The number of nitrogens with zero attached hydrogens (tertiary/aromatic N) is 5. The predicted molar refractivity (Wildman–Crippen MR) is 155 cm³/mol. The molecule has 0 unspecified atom stereocenters. The van der Waals surface area contributed by atoms with Gasteiger partial charge in [0.25, 0.3) is 5.91 Å². The average molecular weight is 567 g/mol. The average Bonchev–Trinajstić information content (AvgIpc) is 3.57. The lowest BCUT2D eigenvalue weighted by Crippen LogP contribution is -2.30. The van der Waals surface area contributed by atoms with Crippen molar-refractivity contribution in [1.29, 1.82) is 5.41 Å². The van der Waals surface area contributed by atoms with Crippen molar-refractivity contribution in [1.82, 2.24) is 24.2 Å². The lowest BCUT2D eigenvalue weighted by atomic mass is 10.1. The largest absolute Gasteiger partial charge is 0.442 e. The van der Waals surface area contributed by atoms with E-state index in [-0.39, 0.29) is 34.5 Å². The van der Waals surface area contributed by atoms with E-state index in [0.29, 0.717) is 39.1 Å². The van der Waals surface area contributed by atoms with Crippen molar-refractivity contribution in [3.8, 4) is 0 Å². The molecular weight excluding hydrogens is 536 g/mol. The highest BCUT2D eigenvalue weighted by Crippen LogP contribution is 2.30. The van der Waals surface area contributed by atoms with E-state index in [0.717, 1.165) is 11.3 Å². The van der Waals surface area contributed by atoms with E-state index in [1.807, 2.05) is 54.5 Å². The molecule has 204 valence electrons. The lowest BCUT2D eigenvalue weighted by molar-refractivity contribution is 0.0951. The lowest BCUT2D eigenvalue weighted by Gasteiger charge is -2.14. The molecule has 0 aliphatic carbocycles. The Morgan fingerprint density at radius 2 is 1.92 bits per heavy atom. The van der Waals surface area contributed by atoms with E-state index in [9.17, 15) is 4.79 Å². The number of carbonyl (C=O) groups is 1. The van der Waals surface area contributed by atoms with Gasteiger partial charge in [-0.15, -0.1) is 0 Å². The van der Waals surface area contributed by atoms with Crippen LogP contribution in [0.4, 0.5) is 10.7 Å². The van der Waals surface area contributed by atoms with Crippen molar-refractivity contribution in [3.63, 3.8) is 0 Å². The monoisotopic (exact) mass is 566 g/mol. The molecule has 0 spiro atoms. The molecule has 0 atom stereocenters. The molecule has 12 heteroatoms. The number of anilines is 2. The maximum Gasteiger partial charge on any atom is 0.282 e. The smallest absolute Gasteiger partial charge is 0.282 e. The van der Waals surface area contributed by atoms with E-state index >= 15 is 0 Å². The number of pyridine rings is 1. The highest BCUT2D eigenvalue weighted by molar-refractivity contribution is 7.10. The number of rotatable bonds is 8. The van der Waals surface area contributed by atoms with Gasteiger partial charge in [-0.25, -0.2) is 9.97 Å². The van der Waals surface area contributed by atoms with Crippen LogP contribution < -0.4 is 10.6 Å². The second kappa shape index (κ2) is 11.5. The summed E-state index contributed by atoms with van der Waals surface area (Å²) < 4.78 is 11.5. The Morgan fingerprint density at radius 3 is 2.54 bits per heavy atom. The first kappa shape index (κ1) is 28.2. The van der Waals surface area contributed by atoms with Crippen molar-refractivity contribution < 1.29 is 9.21 Å². The number of aryl methyl sites for hydroxylation is 2. The minimum atomic E-state index is -0.355. The summed E-state index contributed by atoms with van der Waals surface area (Å²) in [6, 6.07) is 3.66. The second-order valence-corrected chi connectivity index (χ2v) is 10.9. The predicted octanol–water partition coefficient (Wildman–Crippen LogP) is 5.91. The van der Waals surface area contributed by atoms with Gasteiger partial charge in [0.15, 0.2) is 12.2 Å². The number of amidine groups is 1. The van der Waals surface area contributed by atoms with Gasteiger partial charge < -0.3 is 15.1 Å². The van der Waals surface area contributed by atoms with Crippen molar-refractivity contribution in [2.75, 3.05) is 5.32 Å². The molecule has 0 fully saturated rings. The number of halogens is 1. The Kier molecular flexibility index (Phi) is 8.31. The Balaban J connectivity index is 1.64. The third-order valence-electron chi connectivity index (χ3n) is 5.79. The number of oxazole rings is 1. The van der Waals surface area contributed by atoms with Gasteiger partial charge in [-0.05, 0) is 72.1 Å². The number of carbonyl (C=O) groups excluding carboxylic acids is 1. The fourth-order valence-electron chi connectivity index (χ4n) is 4.18. The summed E-state index contributed by atoms with van der Waals surface area (Å²) in [4.78, 5) is 26.8. The highest BCUT2D eigenvalue weighted by atomic mass is 35.5. The van der Waals surface area contributed by atoms with E-state index in [1.165, 1.54) is 17.9 Å². The van der Waals surface area contributed by atoms with Crippen LogP contribution in [0.2, 0.25) is 5.02 Å². The van der Waals surface area contributed by atoms with Crippen LogP contribution in [0, 0.1) is 26.2 Å². The Hall–Kier alpha value is -3.83. The molecule has 0 amide bonds. The van der Waals surface area contributed by atoms with Gasteiger partial charge in [0.2, 0.25) is 0 Å². The molecule has 0 radical (unpaired) electrons. The first-order chi connectivity index (χ1) is 18.5. The van der Waals surface area contributed by atoms with E-state index < -0.39 is 0 Å². The number of hydrogen-bond donors (Lipinski definition) is 3. The van der Waals surface area contributed by atoms with Crippen molar-refractivity contribution >= 4 is 51.3 Å².